The van der Waals surface area contributed by atoms with Gasteiger partial charge in [-0.3, -0.25) is 4.99 Å². The van der Waals surface area contributed by atoms with E-state index in [0.29, 0.717) is 12.5 Å². The summed E-state index contributed by atoms with van der Waals surface area (Å²) in [7, 11) is 1.64. The van der Waals surface area contributed by atoms with E-state index < -0.39 is 11.6 Å². The maximum Gasteiger partial charge on any atom is 0.191 e. The lowest BCUT2D eigenvalue weighted by molar-refractivity contribution is 0.581. The minimum Gasteiger partial charge on any atom is -0.356 e. The molecule has 2 aromatic carbocycles. The van der Waals surface area contributed by atoms with Gasteiger partial charge >= 0.3 is 0 Å². The normalized spacial score (nSPS) is 11.5. The molecule has 0 amide bonds. The molecule has 7 heteroatoms. The van der Waals surface area contributed by atoms with E-state index in [4.69, 9.17) is 0 Å². The van der Waals surface area contributed by atoms with Crippen LogP contribution in [0.15, 0.2) is 59.7 Å². The molecule has 0 aliphatic carbocycles. The van der Waals surface area contributed by atoms with Crippen LogP contribution >= 0.6 is 0 Å². The molecule has 3 rings (SSSR count). The van der Waals surface area contributed by atoms with Gasteiger partial charge in [0.2, 0.25) is 0 Å². The van der Waals surface area contributed by atoms with Crippen molar-refractivity contribution < 1.29 is 8.78 Å². The van der Waals surface area contributed by atoms with E-state index in [1.165, 1.54) is 11.6 Å². The quantitative estimate of drug-likeness (QED) is 0.363. The van der Waals surface area contributed by atoms with Crippen molar-refractivity contribution in [2.45, 2.75) is 26.3 Å². The molecule has 5 nitrogen and oxygen atoms in total. The molecule has 0 bridgehead atoms. The third kappa shape index (κ3) is 5.63. The molecule has 0 radical (unpaired) electrons. The molecule has 0 atom stereocenters. The molecule has 0 unspecified atom stereocenters. The second kappa shape index (κ2) is 9.82. The van der Waals surface area contributed by atoms with E-state index in [2.05, 4.69) is 26.9 Å². The molecule has 2 N–H and O–H groups in total. The van der Waals surface area contributed by atoms with E-state index in [9.17, 15) is 8.78 Å². The van der Waals surface area contributed by atoms with Crippen molar-refractivity contribution in [2.75, 3.05) is 13.6 Å². The molecule has 0 spiro atoms. The third-order valence-electron chi connectivity index (χ3n) is 4.61. The number of nitrogens with zero attached hydrogens (tertiary/aromatic N) is 3. The first kappa shape index (κ1) is 20.5. The predicted molar refractivity (Wildman–Crippen MR) is 111 cm³/mol. The predicted octanol–water partition coefficient (Wildman–Crippen LogP) is 3.76. The Hall–Kier alpha value is -3.22. The highest BCUT2D eigenvalue weighted by Gasteiger charge is 2.07. The first-order chi connectivity index (χ1) is 14.1. The van der Waals surface area contributed by atoms with Crippen LogP contribution in [0.1, 0.15) is 23.2 Å². The van der Waals surface area contributed by atoms with Crippen LogP contribution in [-0.2, 0) is 13.0 Å². The minimum absolute atomic E-state index is 0.159. The van der Waals surface area contributed by atoms with E-state index in [1.807, 2.05) is 41.9 Å². The van der Waals surface area contributed by atoms with Gasteiger partial charge in [-0.2, -0.15) is 5.10 Å². The van der Waals surface area contributed by atoms with Crippen LogP contribution in [0.25, 0.3) is 5.69 Å². The molecule has 0 aliphatic rings. The summed E-state index contributed by atoms with van der Waals surface area (Å²) in [4.78, 5) is 4.12. The summed E-state index contributed by atoms with van der Waals surface area (Å²) >= 11 is 0. The van der Waals surface area contributed by atoms with Gasteiger partial charge in [0.05, 0.1) is 11.4 Å². The van der Waals surface area contributed by atoms with Gasteiger partial charge in [0, 0.05) is 31.9 Å². The number of nitrogens with one attached hydrogen (secondary N) is 2. The number of benzene rings is 2. The topological polar surface area (TPSA) is 54.2 Å². The van der Waals surface area contributed by atoms with Crippen molar-refractivity contribution >= 4 is 5.96 Å². The number of hydrogen-bond acceptors (Lipinski definition) is 2. The molecule has 0 fully saturated rings. The molecule has 0 saturated heterocycles. The van der Waals surface area contributed by atoms with E-state index in [-0.39, 0.29) is 12.1 Å². The van der Waals surface area contributed by atoms with E-state index >= 15 is 0 Å². The first-order valence-electron chi connectivity index (χ1n) is 9.56. The molecule has 1 heterocycles. The van der Waals surface area contributed by atoms with Crippen molar-refractivity contribution in [3.05, 3.63) is 83.2 Å². The zero-order valence-electron chi connectivity index (χ0n) is 16.6. The minimum atomic E-state index is -0.461. The molecule has 29 heavy (non-hydrogen) atoms. The van der Waals surface area contributed by atoms with Gasteiger partial charge in [-0.15, -0.1) is 0 Å². The molecular formula is C22H25F2N5. The van der Waals surface area contributed by atoms with Crippen LogP contribution < -0.4 is 10.6 Å². The number of aromatic nitrogens is 2. The van der Waals surface area contributed by atoms with Crippen LogP contribution in [0.3, 0.4) is 0 Å². The molecule has 152 valence electrons. The third-order valence-corrected chi connectivity index (χ3v) is 4.61. The summed E-state index contributed by atoms with van der Waals surface area (Å²) in [5, 5.41) is 10.8. The first-order valence-corrected chi connectivity index (χ1v) is 9.56. The highest BCUT2D eigenvalue weighted by molar-refractivity contribution is 5.79. The lowest BCUT2D eigenvalue weighted by Crippen LogP contribution is -2.37. The number of guanidine groups is 1. The molecule has 3 aromatic rings. The fraction of sp³-hybridized carbons (Fsp3) is 0.273. The van der Waals surface area contributed by atoms with Crippen LogP contribution in [0.2, 0.25) is 0 Å². The summed E-state index contributed by atoms with van der Waals surface area (Å²) in [6.07, 6.45) is 3.82. The number of hydrogen-bond donors (Lipinski definition) is 2. The SMILES string of the molecule is CN=C(NCCCc1cn(-c2ccccc2)nc1C)NCc1cc(F)ccc1F. The van der Waals surface area contributed by atoms with Gasteiger partial charge in [0.1, 0.15) is 11.6 Å². The zero-order chi connectivity index (χ0) is 20.6. The Labute approximate surface area is 169 Å². The highest BCUT2D eigenvalue weighted by atomic mass is 19.1. The van der Waals surface area contributed by atoms with Gasteiger partial charge in [-0.25, -0.2) is 13.5 Å². The Morgan fingerprint density at radius 2 is 1.86 bits per heavy atom. The van der Waals surface area contributed by atoms with Gasteiger partial charge in [-0.05, 0) is 55.7 Å². The highest BCUT2D eigenvalue weighted by Crippen LogP contribution is 2.13. The monoisotopic (exact) mass is 397 g/mol. The summed E-state index contributed by atoms with van der Waals surface area (Å²) in [6, 6.07) is 13.4. The lowest BCUT2D eigenvalue weighted by Gasteiger charge is -2.12. The fourth-order valence-electron chi connectivity index (χ4n) is 3.02. The summed E-state index contributed by atoms with van der Waals surface area (Å²) < 4.78 is 28.9. The van der Waals surface area contributed by atoms with Gasteiger partial charge in [-0.1, -0.05) is 18.2 Å². The van der Waals surface area contributed by atoms with Crippen LogP contribution in [0.4, 0.5) is 8.78 Å². The number of para-hydroxylation sites is 1. The summed E-state index contributed by atoms with van der Waals surface area (Å²) in [5.74, 6) is -0.358. The second-order valence-corrected chi connectivity index (χ2v) is 6.71. The number of halogens is 2. The average Bonchev–Trinajstić information content (AvgIpc) is 3.11. The Morgan fingerprint density at radius 3 is 2.62 bits per heavy atom. The van der Waals surface area contributed by atoms with Crippen LogP contribution in [0, 0.1) is 18.6 Å². The molecule has 1 aromatic heterocycles. The smallest absolute Gasteiger partial charge is 0.191 e. The Morgan fingerprint density at radius 1 is 1.07 bits per heavy atom. The lowest BCUT2D eigenvalue weighted by atomic mass is 10.1. The average molecular weight is 397 g/mol. The van der Waals surface area contributed by atoms with Crippen LogP contribution in [0.5, 0.6) is 0 Å². The maximum atomic E-state index is 13.7. The Bertz CT molecular complexity index is 967. The number of aryl methyl sites for hydroxylation is 2. The summed E-state index contributed by atoms with van der Waals surface area (Å²) in [5.41, 5.74) is 3.50. The van der Waals surface area contributed by atoms with Gasteiger partial charge < -0.3 is 10.6 Å². The van der Waals surface area contributed by atoms with E-state index in [1.54, 1.807) is 7.05 Å². The summed E-state index contributed by atoms with van der Waals surface area (Å²) in [6.45, 7) is 2.86. The molecule has 0 aliphatic heterocycles. The van der Waals surface area contributed by atoms with Crippen LogP contribution in [-0.4, -0.2) is 29.3 Å². The fourth-order valence-corrected chi connectivity index (χ4v) is 3.02. The van der Waals surface area contributed by atoms with Gasteiger partial charge in [0.25, 0.3) is 0 Å². The van der Waals surface area contributed by atoms with Crippen molar-refractivity contribution in [3.8, 4) is 5.69 Å². The van der Waals surface area contributed by atoms with Crippen molar-refractivity contribution in [1.29, 1.82) is 0 Å². The Balaban J connectivity index is 1.47. The maximum absolute atomic E-state index is 13.7. The molecule has 0 saturated carbocycles. The zero-order valence-corrected chi connectivity index (χ0v) is 16.6. The van der Waals surface area contributed by atoms with Gasteiger partial charge in [0.15, 0.2) is 5.96 Å². The number of aliphatic imine (C=N–C) groups is 1. The largest absolute Gasteiger partial charge is 0.356 e. The van der Waals surface area contributed by atoms with Crippen molar-refractivity contribution in [2.24, 2.45) is 4.99 Å². The Kier molecular flexibility index (Phi) is 6.94. The number of rotatable bonds is 7. The van der Waals surface area contributed by atoms with Crippen molar-refractivity contribution in [1.82, 2.24) is 20.4 Å². The molecular weight excluding hydrogens is 372 g/mol. The second-order valence-electron chi connectivity index (χ2n) is 6.71. The van der Waals surface area contributed by atoms with Crippen molar-refractivity contribution in [3.63, 3.8) is 0 Å². The standard InChI is InChI=1S/C22H25F2N5/c1-16-17(15-29(28-16)20-8-4-3-5-9-20)7-6-12-26-22(25-2)27-14-18-13-19(23)10-11-21(18)24/h3-5,8-11,13,15H,6-7,12,14H2,1-2H3,(H2,25,26,27). The van der Waals surface area contributed by atoms with E-state index in [0.717, 1.165) is 36.4 Å².